The van der Waals surface area contributed by atoms with Crippen molar-refractivity contribution in [2.75, 3.05) is 18.9 Å². The minimum atomic E-state index is -2.56. The number of nitriles is 1. The minimum Gasteiger partial charge on any atom is -0.465 e. The Morgan fingerprint density at radius 2 is 2.17 bits per heavy atom. The van der Waals surface area contributed by atoms with Crippen LogP contribution in [0.5, 0.6) is 0 Å². The topological polar surface area (TPSA) is 129 Å². The predicted octanol–water partition coefficient (Wildman–Crippen LogP) is 2.49. The van der Waals surface area contributed by atoms with Gasteiger partial charge in [0, 0.05) is 24.6 Å². The van der Waals surface area contributed by atoms with Crippen LogP contribution in [0.25, 0.3) is 0 Å². The van der Waals surface area contributed by atoms with Crippen LogP contribution in [0, 0.1) is 11.3 Å². The highest BCUT2D eigenvalue weighted by atomic mass is 19.3. The zero-order chi connectivity index (χ0) is 21.3. The van der Waals surface area contributed by atoms with Gasteiger partial charge in [-0.15, -0.1) is 0 Å². The van der Waals surface area contributed by atoms with Gasteiger partial charge in [0.2, 0.25) is 0 Å². The summed E-state index contributed by atoms with van der Waals surface area (Å²) in [6.45, 7) is 1.15. The number of halogens is 2. The van der Waals surface area contributed by atoms with Crippen LogP contribution in [0.4, 0.5) is 20.4 Å². The van der Waals surface area contributed by atoms with Gasteiger partial charge in [-0.3, -0.25) is 9.89 Å². The van der Waals surface area contributed by atoms with Crippen LogP contribution in [0.3, 0.4) is 0 Å². The number of hydrogen-bond donors (Lipinski definition) is 3. The zero-order valence-electron chi connectivity index (χ0n) is 16.2. The standard InChI is InChI=1S/C14H14N6O2.C4H9F2N/c15-5-10-6-17-14(7-16-10)18-13-4-12(19-20-13)9-1-2-11(3-9)22-8-21;1-4(5,6)3-7-2/h4,6-9,11H,1-3H2,(H2,17,18,19,20);7H,3H2,1-2H3. The SMILES string of the molecule is CNCC(C)(F)F.N#Cc1cnc(Nc2cc(C3CCC(OC=O)C3)[nH]n2)cn1. The van der Waals surface area contributed by atoms with Crippen molar-refractivity contribution in [1.29, 1.82) is 5.26 Å². The third-order valence-electron chi connectivity index (χ3n) is 4.18. The molecule has 1 aliphatic carbocycles. The molecule has 0 bridgehead atoms. The largest absolute Gasteiger partial charge is 0.465 e. The molecule has 0 spiro atoms. The van der Waals surface area contributed by atoms with Crippen molar-refractivity contribution >= 4 is 18.1 Å². The molecule has 11 heteroatoms. The number of hydrogen-bond acceptors (Lipinski definition) is 8. The summed E-state index contributed by atoms with van der Waals surface area (Å²) in [5.41, 5.74) is 1.27. The fourth-order valence-electron chi connectivity index (χ4n) is 2.93. The lowest BCUT2D eigenvalue weighted by Gasteiger charge is -2.07. The third kappa shape index (κ3) is 7.42. The number of carbonyl (C=O) groups excluding carboxylic acids is 1. The van der Waals surface area contributed by atoms with Gasteiger partial charge in [0.05, 0.1) is 18.9 Å². The summed E-state index contributed by atoms with van der Waals surface area (Å²) in [6.07, 6.45) is 5.50. The second-order valence-electron chi connectivity index (χ2n) is 6.70. The first-order valence-electron chi connectivity index (χ1n) is 9.00. The molecule has 156 valence electrons. The van der Waals surface area contributed by atoms with E-state index in [9.17, 15) is 13.6 Å². The highest BCUT2D eigenvalue weighted by Gasteiger charge is 2.28. The quantitative estimate of drug-likeness (QED) is 0.597. The number of ether oxygens (including phenoxy) is 1. The molecule has 2 aromatic heterocycles. The average molecular weight is 407 g/mol. The van der Waals surface area contributed by atoms with Crippen LogP contribution in [0.15, 0.2) is 18.5 Å². The van der Waals surface area contributed by atoms with Crippen molar-refractivity contribution in [3.8, 4) is 6.07 Å². The third-order valence-corrected chi connectivity index (χ3v) is 4.18. The fourth-order valence-corrected chi connectivity index (χ4v) is 2.93. The number of aromatic nitrogens is 4. The average Bonchev–Trinajstić information content (AvgIpc) is 3.32. The summed E-state index contributed by atoms with van der Waals surface area (Å²) < 4.78 is 28.3. The van der Waals surface area contributed by atoms with E-state index >= 15 is 0 Å². The lowest BCUT2D eigenvalue weighted by molar-refractivity contribution is -0.133. The Morgan fingerprint density at radius 1 is 1.38 bits per heavy atom. The molecule has 1 fully saturated rings. The summed E-state index contributed by atoms with van der Waals surface area (Å²) in [5, 5.41) is 21.2. The van der Waals surface area contributed by atoms with E-state index in [0.717, 1.165) is 31.9 Å². The maximum absolute atomic E-state index is 11.7. The maximum Gasteiger partial charge on any atom is 0.293 e. The second-order valence-corrected chi connectivity index (χ2v) is 6.70. The van der Waals surface area contributed by atoms with E-state index in [2.05, 4.69) is 30.8 Å². The van der Waals surface area contributed by atoms with Crippen molar-refractivity contribution in [3.05, 3.63) is 29.8 Å². The van der Waals surface area contributed by atoms with Crippen LogP contribution in [-0.2, 0) is 9.53 Å². The van der Waals surface area contributed by atoms with Gasteiger partial charge >= 0.3 is 0 Å². The molecule has 2 atom stereocenters. The van der Waals surface area contributed by atoms with Crippen molar-refractivity contribution < 1.29 is 18.3 Å². The number of aromatic amines is 1. The van der Waals surface area contributed by atoms with Crippen molar-refractivity contribution in [1.82, 2.24) is 25.5 Å². The monoisotopic (exact) mass is 407 g/mol. The Balaban J connectivity index is 0.000000370. The first-order valence-corrected chi connectivity index (χ1v) is 9.00. The Bertz CT molecular complexity index is 815. The van der Waals surface area contributed by atoms with Gasteiger partial charge in [-0.05, 0) is 26.3 Å². The lowest BCUT2D eigenvalue weighted by Crippen LogP contribution is -2.26. The lowest BCUT2D eigenvalue weighted by atomic mass is 10.0. The van der Waals surface area contributed by atoms with E-state index in [1.54, 1.807) is 0 Å². The highest BCUT2D eigenvalue weighted by Crippen LogP contribution is 2.35. The van der Waals surface area contributed by atoms with Crippen molar-refractivity contribution in [2.24, 2.45) is 0 Å². The van der Waals surface area contributed by atoms with Gasteiger partial charge in [-0.2, -0.15) is 10.4 Å². The molecule has 0 aliphatic heterocycles. The number of alkyl halides is 2. The molecular weight excluding hydrogens is 384 g/mol. The van der Waals surface area contributed by atoms with Crippen molar-refractivity contribution in [2.45, 2.75) is 44.1 Å². The van der Waals surface area contributed by atoms with E-state index in [-0.39, 0.29) is 18.3 Å². The molecule has 2 heterocycles. The molecule has 3 rings (SSSR count). The zero-order valence-corrected chi connectivity index (χ0v) is 16.2. The van der Waals surface area contributed by atoms with Crippen LogP contribution >= 0.6 is 0 Å². The Morgan fingerprint density at radius 3 is 2.72 bits per heavy atom. The van der Waals surface area contributed by atoms with Gasteiger partial charge in [-0.1, -0.05) is 0 Å². The van der Waals surface area contributed by atoms with Gasteiger partial charge in [0.15, 0.2) is 11.5 Å². The number of carbonyl (C=O) groups is 1. The van der Waals surface area contributed by atoms with Gasteiger partial charge in [0.25, 0.3) is 12.4 Å². The molecule has 3 N–H and O–H groups in total. The predicted molar refractivity (Wildman–Crippen MR) is 101 cm³/mol. The number of nitrogens with one attached hydrogen (secondary N) is 3. The molecule has 0 radical (unpaired) electrons. The molecule has 2 unspecified atom stereocenters. The van der Waals surface area contributed by atoms with Gasteiger partial charge < -0.3 is 15.4 Å². The van der Waals surface area contributed by atoms with E-state index < -0.39 is 5.92 Å². The summed E-state index contributed by atoms with van der Waals surface area (Å²) in [4.78, 5) is 18.4. The molecule has 1 saturated carbocycles. The van der Waals surface area contributed by atoms with Crippen molar-refractivity contribution in [3.63, 3.8) is 0 Å². The van der Waals surface area contributed by atoms with E-state index in [1.165, 1.54) is 19.4 Å². The van der Waals surface area contributed by atoms with Crippen LogP contribution in [0.1, 0.15) is 43.5 Å². The molecule has 0 saturated heterocycles. The minimum absolute atomic E-state index is 0.00778. The number of anilines is 2. The molecule has 1 aliphatic rings. The summed E-state index contributed by atoms with van der Waals surface area (Å²) in [5.74, 6) is -1.10. The van der Waals surface area contributed by atoms with E-state index in [4.69, 9.17) is 10.00 Å². The van der Waals surface area contributed by atoms with Gasteiger partial charge in [0.1, 0.15) is 18.0 Å². The molecule has 0 amide bonds. The molecule has 2 aromatic rings. The van der Waals surface area contributed by atoms with Crippen LogP contribution in [0.2, 0.25) is 0 Å². The van der Waals surface area contributed by atoms with E-state index in [0.29, 0.717) is 24.0 Å². The first kappa shape index (κ1) is 22.2. The molecule has 9 nitrogen and oxygen atoms in total. The second kappa shape index (κ2) is 10.4. The Hall–Kier alpha value is -3.13. The molecule has 29 heavy (non-hydrogen) atoms. The smallest absolute Gasteiger partial charge is 0.293 e. The van der Waals surface area contributed by atoms with Crippen LogP contribution in [-0.4, -0.2) is 52.3 Å². The highest BCUT2D eigenvalue weighted by molar-refractivity contribution is 5.51. The Kier molecular flexibility index (Phi) is 7.97. The number of nitrogens with zero attached hydrogens (tertiary/aromatic N) is 4. The number of rotatable bonds is 7. The Labute approximate surface area is 166 Å². The van der Waals surface area contributed by atoms with Gasteiger partial charge in [-0.25, -0.2) is 18.7 Å². The maximum atomic E-state index is 11.7. The molecule has 0 aromatic carbocycles. The normalized spacial score (nSPS) is 18.3. The summed E-state index contributed by atoms with van der Waals surface area (Å²) in [7, 11) is 1.50. The molecular formula is C18H23F2N7O2. The first-order chi connectivity index (χ1) is 13.8. The number of H-pyrrole nitrogens is 1. The summed E-state index contributed by atoms with van der Waals surface area (Å²) in [6, 6.07) is 3.82. The van der Waals surface area contributed by atoms with Crippen LogP contribution < -0.4 is 10.6 Å². The summed E-state index contributed by atoms with van der Waals surface area (Å²) >= 11 is 0. The van der Waals surface area contributed by atoms with E-state index in [1.807, 2.05) is 12.1 Å². The fraction of sp³-hybridized carbons (Fsp3) is 0.500.